The van der Waals surface area contributed by atoms with E-state index in [1.54, 1.807) is 0 Å². The zero-order chi connectivity index (χ0) is 9.61. The van der Waals surface area contributed by atoms with E-state index < -0.39 is 7.59 Å². The zero-order valence-corrected chi connectivity index (χ0v) is 11.5. The molecule has 0 heterocycles. The van der Waals surface area contributed by atoms with Gasteiger partial charge in [0, 0.05) is 15.9 Å². The molecule has 73 valence electrons. The molecule has 0 nitrogen and oxygen atoms in total. The molecule has 0 rings (SSSR count). The van der Waals surface area contributed by atoms with Gasteiger partial charge in [-0.05, 0) is 0 Å². The van der Waals surface area contributed by atoms with Crippen molar-refractivity contribution in [1.29, 1.82) is 0 Å². The van der Waals surface area contributed by atoms with Crippen LogP contribution in [0.5, 0.6) is 0 Å². The highest BCUT2D eigenvalue weighted by Crippen LogP contribution is 2.27. The summed E-state index contributed by atoms with van der Waals surface area (Å²) < 4.78 is 0. The van der Waals surface area contributed by atoms with Gasteiger partial charge in [0.25, 0.3) is 0 Å². The molecule has 0 atom stereocenters. The molecule has 0 fully saturated rings. The first-order chi connectivity index (χ1) is 5.70. The summed E-state index contributed by atoms with van der Waals surface area (Å²) in [6, 6.07) is 7.65. The van der Waals surface area contributed by atoms with Crippen molar-refractivity contribution in [3.63, 3.8) is 0 Å². The summed E-state index contributed by atoms with van der Waals surface area (Å²) in [5.74, 6) is 0. The molecular formula is C10H25Si2. The molecule has 0 aliphatic carbocycles. The Balaban J connectivity index is 4.42. The predicted molar refractivity (Wildman–Crippen MR) is 63.9 cm³/mol. The third-order valence-corrected chi connectivity index (χ3v) is 20.7. The van der Waals surface area contributed by atoms with E-state index in [4.69, 9.17) is 0 Å². The van der Waals surface area contributed by atoms with E-state index >= 15 is 0 Å². The molecule has 0 aliphatic heterocycles. The van der Waals surface area contributed by atoms with Crippen LogP contribution < -0.4 is 0 Å². The predicted octanol–water partition coefficient (Wildman–Crippen LogP) is 4.11. The first kappa shape index (κ1) is 12.4. The van der Waals surface area contributed by atoms with Gasteiger partial charge >= 0.3 is 0 Å². The largest absolute Gasteiger partial charge is 0.0682 e. The minimum Gasteiger partial charge on any atom is -0.0682 e. The van der Waals surface area contributed by atoms with Gasteiger partial charge in [-0.2, -0.15) is 0 Å². The first-order valence-corrected chi connectivity index (χ1v) is 11.1. The van der Waals surface area contributed by atoms with Crippen molar-refractivity contribution in [2.24, 2.45) is 0 Å². The third-order valence-electron chi connectivity index (χ3n) is 3.63. The van der Waals surface area contributed by atoms with Crippen molar-refractivity contribution >= 4 is 15.9 Å². The number of rotatable bonds is 6. The molecule has 0 unspecified atom stereocenters. The lowest BCUT2D eigenvalue weighted by molar-refractivity contribution is 1.19. The molecule has 0 saturated carbocycles. The lowest BCUT2D eigenvalue weighted by Gasteiger charge is -2.35. The smallest absolute Gasteiger partial charge is 0.0442 e. The van der Waals surface area contributed by atoms with Gasteiger partial charge in [0.05, 0.1) is 0 Å². The number of hydrogen-bond acceptors (Lipinski definition) is 0. The Labute approximate surface area is 81.2 Å². The third kappa shape index (κ3) is 2.46. The summed E-state index contributed by atoms with van der Waals surface area (Å²) in [5, 5.41) is 0. The minimum absolute atomic E-state index is 0.0653. The van der Waals surface area contributed by atoms with Crippen molar-refractivity contribution in [3.8, 4) is 0 Å². The van der Waals surface area contributed by atoms with Crippen molar-refractivity contribution in [2.45, 2.75) is 64.8 Å². The molecule has 2 heteroatoms. The molecule has 1 radical (unpaired) electrons. The second-order valence-corrected chi connectivity index (χ2v) is 16.3. The quantitative estimate of drug-likeness (QED) is 0.568. The molecule has 0 amide bonds. The van der Waals surface area contributed by atoms with Crippen LogP contribution in [-0.4, -0.2) is 15.9 Å². The maximum Gasteiger partial charge on any atom is 0.0442 e. The lowest BCUT2D eigenvalue weighted by atomic mass is 10.9. The Morgan fingerprint density at radius 2 is 1.08 bits per heavy atom. The van der Waals surface area contributed by atoms with Crippen LogP contribution in [-0.2, 0) is 0 Å². The Morgan fingerprint density at radius 1 is 0.750 bits per heavy atom. The van der Waals surface area contributed by atoms with Crippen LogP contribution in [0.4, 0.5) is 0 Å². The molecular weight excluding hydrogens is 176 g/mol. The molecule has 0 aromatic carbocycles. The van der Waals surface area contributed by atoms with E-state index in [-0.39, 0.29) is 8.31 Å². The fourth-order valence-electron chi connectivity index (χ4n) is 2.50. The van der Waals surface area contributed by atoms with Gasteiger partial charge in [0.15, 0.2) is 0 Å². The van der Waals surface area contributed by atoms with Crippen LogP contribution in [0.25, 0.3) is 0 Å². The molecule has 12 heavy (non-hydrogen) atoms. The molecule has 0 bridgehead atoms. The van der Waals surface area contributed by atoms with E-state index in [2.05, 4.69) is 34.6 Å². The molecule has 0 aromatic heterocycles. The summed E-state index contributed by atoms with van der Waals surface area (Å²) in [6.07, 6.45) is 0. The van der Waals surface area contributed by atoms with Crippen LogP contribution >= 0.6 is 0 Å². The SMILES string of the molecule is CC[Si](CC)[Si](CC)(CC)CC. The summed E-state index contributed by atoms with van der Waals surface area (Å²) in [5.41, 5.74) is 0. The van der Waals surface area contributed by atoms with Gasteiger partial charge in [-0.3, -0.25) is 0 Å². The molecule has 0 N–H and O–H groups in total. The van der Waals surface area contributed by atoms with Gasteiger partial charge in [-0.15, -0.1) is 0 Å². The highest BCUT2D eigenvalue weighted by Gasteiger charge is 2.34. The van der Waals surface area contributed by atoms with E-state index in [0.717, 1.165) is 0 Å². The van der Waals surface area contributed by atoms with E-state index in [1.165, 1.54) is 30.2 Å². The molecule has 0 spiro atoms. The van der Waals surface area contributed by atoms with Crippen LogP contribution in [0.3, 0.4) is 0 Å². The average Bonchev–Trinajstić information content (AvgIpc) is 2.14. The Bertz CT molecular complexity index is 96.1. The standard InChI is InChI=1S/C10H25Si2/c1-6-11(7-2)12(8-3,9-4)10-5/h6-10H2,1-5H3. The molecule has 0 aromatic rings. The maximum atomic E-state index is 2.44. The topological polar surface area (TPSA) is 0 Å². The minimum atomic E-state index is -0.745. The van der Waals surface area contributed by atoms with Crippen LogP contribution in [0, 0.1) is 0 Å². The fraction of sp³-hybridized carbons (Fsp3) is 1.00. The maximum absolute atomic E-state index is 2.44. The van der Waals surface area contributed by atoms with Gasteiger partial charge in [-0.1, -0.05) is 64.8 Å². The van der Waals surface area contributed by atoms with Crippen LogP contribution in [0.1, 0.15) is 34.6 Å². The van der Waals surface area contributed by atoms with Gasteiger partial charge < -0.3 is 0 Å². The van der Waals surface area contributed by atoms with Gasteiger partial charge in [0.1, 0.15) is 0 Å². The van der Waals surface area contributed by atoms with Crippen LogP contribution in [0.2, 0.25) is 30.2 Å². The van der Waals surface area contributed by atoms with Crippen molar-refractivity contribution in [1.82, 2.24) is 0 Å². The average molecular weight is 201 g/mol. The number of hydrogen-bond donors (Lipinski definition) is 0. The Morgan fingerprint density at radius 3 is 1.17 bits per heavy atom. The summed E-state index contributed by atoms with van der Waals surface area (Å²) in [4.78, 5) is 0. The van der Waals surface area contributed by atoms with Gasteiger partial charge in [-0.25, -0.2) is 0 Å². The highest BCUT2D eigenvalue weighted by molar-refractivity contribution is 7.33. The van der Waals surface area contributed by atoms with E-state index in [9.17, 15) is 0 Å². The summed E-state index contributed by atoms with van der Waals surface area (Å²) in [7, 11) is -0.680. The fourth-order valence-corrected chi connectivity index (χ4v) is 16.5. The second kappa shape index (κ2) is 5.97. The lowest BCUT2D eigenvalue weighted by Crippen LogP contribution is -2.48. The highest BCUT2D eigenvalue weighted by atomic mass is 29.2. The Hall–Kier alpha value is 0.434. The zero-order valence-electron chi connectivity index (χ0n) is 9.54. The summed E-state index contributed by atoms with van der Waals surface area (Å²) >= 11 is 0. The monoisotopic (exact) mass is 201 g/mol. The van der Waals surface area contributed by atoms with Crippen molar-refractivity contribution in [3.05, 3.63) is 0 Å². The van der Waals surface area contributed by atoms with Crippen molar-refractivity contribution in [2.75, 3.05) is 0 Å². The van der Waals surface area contributed by atoms with E-state index in [1.807, 2.05) is 0 Å². The first-order valence-electron chi connectivity index (χ1n) is 5.55. The molecule has 0 saturated heterocycles. The van der Waals surface area contributed by atoms with Crippen LogP contribution in [0.15, 0.2) is 0 Å². The Kier molecular flexibility index (Phi) is 6.19. The van der Waals surface area contributed by atoms with Gasteiger partial charge in [0.2, 0.25) is 0 Å². The molecule has 0 aliphatic rings. The second-order valence-electron chi connectivity index (χ2n) is 3.65. The van der Waals surface area contributed by atoms with E-state index in [0.29, 0.717) is 0 Å². The van der Waals surface area contributed by atoms with Crippen molar-refractivity contribution < 1.29 is 0 Å². The summed E-state index contributed by atoms with van der Waals surface area (Å²) in [6.45, 7) is 12.2. The normalized spacial score (nSPS) is 12.5.